The lowest BCUT2D eigenvalue weighted by Crippen LogP contribution is -2.31. The van der Waals surface area contributed by atoms with Crippen molar-refractivity contribution in [1.82, 2.24) is 15.0 Å². The lowest BCUT2D eigenvalue weighted by Gasteiger charge is -2.26. The Morgan fingerprint density at radius 2 is 2.04 bits per heavy atom. The summed E-state index contributed by atoms with van der Waals surface area (Å²) in [5.74, 6) is -0.290. The number of nitrogens with two attached hydrogens (primary N) is 1. The molecule has 4 N–H and O–H groups in total. The molecule has 0 spiro atoms. The van der Waals surface area contributed by atoms with Crippen molar-refractivity contribution in [3.05, 3.63) is 22.1 Å². The zero-order valence-electron chi connectivity index (χ0n) is 16.5. The predicted molar refractivity (Wildman–Crippen MR) is 102 cm³/mol. The first-order chi connectivity index (χ1) is 12.5. The van der Waals surface area contributed by atoms with E-state index in [1.807, 2.05) is 40.8 Å². The molecular weight excluding hydrogens is 348 g/mol. The van der Waals surface area contributed by atoms with E-state index in [0.29, 0.717) is 17.6 Å². The molecule has 2 fully saturated rings. The van der Waals surface area contributed by atoms with Gasteiger partial charge in [-0.05, 0) is 41.0 Å². The van der Waals surface area contributed by atoms with Crippen molar-refractivity contribution in [2.24, 2.45) is 5.92 Å². The smallest absolute Gasteiger partial charge is 0.276 e. The second-order valence-corrected chi connectivity index (χ2v) is 9.01. The van der Waals surface area contributed by atoms with Gasteiger partial charge in [-0.1, -0.05) is 0 Å². The summed E-state index contributed by atoms with van der Waals surface area (Å²) in [7, 11) is 0. The monoisotopic (exact) mass is 376 g/mol. The number of rotatable bonds is 3. The van der Waals surface area contributed by atoms with Gasteiger partial charge in [0.05, 0.1) is 24.4 Å². The number of hydrogen-bond acceptors (Lipinski definition) is 6. The minimum atomic E-state index is -0.649. The van der Waals surface area contributed by atoms with E-state index in [1.165, 1.54) is 0 Å². The van der Waals surface area contributed by atoms with Crippen LogP contribution in [-0.2, 0) is 14.2 Å². The van der Waals surface area contributed by atoms with Crippen LogP contribution in [0, 0.1) is 5.92 Å². The quantitative estimate of drug-likeness (QED) is 0.757. The van der Waals surface area contributed by atoms with Gasteiger partial charge in [-0.15, -0.1) is 0 Å². The molecule has 0 radical (unpaired) electrons. The van der Waals surface area contributed by atoms with Crippen molar-refractivity contribution in [3.8, 4) is 0 Å². The number of nitrogen functional groups attached to an aromatic ring is 1. The second kappa shape index (κ2) is 6.05. The highest BCUT2D eigenvalue weighted by atomic mass is 16.8. The summed E-state index contributed by atoms with van der Waals surface area (Å²) in [5, 5.41) is 0. The number of H-pyrrole nitrogens is 2. The summed E-state index contributed by atoms with van der Waals surface area (Å²) >= 11 is 0. The summed E-state index contributed by atoms with van der Waals surface area (Å²) in [5.41, 5.74) is 7.26. The molecule has 4 atom stereocenters. The Balaban J connectivity index is 1.69. The van der Waals surface area contributed by atoms with Crippen molar-refractivity contribution in [2.75, 3.05) is 12.3 Å². The first-order valence-electron chi connectivity index (χ1n) is 9.40. The van der Waals surface area contributed by atoms with Gasteiger partial charge in [-0.3, -0.25) is 9.78 Å². The third kappa shape index (κ3) is 3.37. The van der Waals surface area contributed by atoms with Crippen molar-refractivity contribution in [2.45, 2.75) is 70.6 Å². The Morgan fingerprint density at radius 1 is 1.33 bits per heavy atom. The molecule has 0 amide bonds. The molecule has 27 heavy (non-hydrogen) atoms. The Morgan fingerprint density at radius 3 is 2.74 bits per heavy atom. The number of aromatic nitrogens is 3. The van der Waals surface area contributed by atoms with Crippen LogP contribution in [0.3, 0.4) is 0 Å². The van der Waals surface area contributed by atoms with Crippen LogP contribution in [0.1, 0.15) is 52.5 Å². The van der Waals surface area contributed by atoms with Gasteiger partial charge in [0.15, 0.2) is 5.79 Å². The van der Waals surface area contributed by atoms with E-state index in [4.69, 9.17) is 19.9 Å². The number of hydrogen-bond donors (Lipinski definition) is 3. The number of fused-ring (bicyclic) bond motifs is 2. The van der Waals surface area contributed by atoms with Crippen LogP contribution in [-0.4, -0.2) is 45.2 Å². The molecule has 148 valence electrons. The first-order valence-corrected chi connectivity index (χ1v) is 9.40. The highest BCUT2D eigenvalue weighted by molar-refractivity contribution is 5.79. The molecule has 0 bridgehead atoms. The summed E-state index contributed by atoms with van der Waals surface area (Å²) in [6, 6.07) is 0. The average molecular weight is 376 g/mol. The van der Waals surface area contributed by atoms with E-state index < -0.39 is 5.79 Å². The molecule has 2 aromatic heterocycles. The molecule has 2 aliphatic rings. The number of anilines is 1. The number of ether oxygens (including phenoxy) is 3. The summed E-state index contributed by atoms with van der Waals surface area (Å²) in [6.45, 7) is 10.6. The fourth-order valence-electron chi connectivity index (χ4n) is 4.25. The van der Waals surface area contributed by atoms with E-state index in [2.05, 4.69) is 15.0 Å². The van der Waals surface area contributed by atoms with E-state index in [9.17, 15) is 4.79 Å². The van der Waals surface area contributed by atoms with E-state index in [-0.39, 0.29) is 41.2 Å². The van der Waals surface area contributed by atoms with Crippen LogP contribution in [0.15, 0.2) is 11.0 Å². The highest BCUT2D eigenvalue weighted by Gasteiger charge is 2.54. The first kappa shape index (κ1) is 18.5. The van der Waals surface area contributed by atoms with Crippen LogP contribution in [0.5, 0.6) is 0 Å². The molecule has 1 aliphatic heterocycles. The molecule has 1 saturated heterocycles. The Bertz CT molecular complexity index is 911. The maximum absolute atomic E-state index is 12.2. The molecule has 1 aliphatic carbocycles. The van der Waals surface area contributed by atoms with Crippen molar-refractivity contribution >= 4 is 17.0 Å². The molecule has 0 unspecified atom stereocenters. The topological polar surface area (TPSA) is 115 Å². The largest absolute Gasteiger partial charge is 0.375 e. The van der Waals surface area contributed by atoms with Crippen molar-refractivity contribution in [3.63, 3.8) is 0 Å². The van der Waals surface area contributed by atoms with Gasteiger partial charge in [0.25, 0.3) is 5.56 Å². The maximum atomic E-state index is 12.2. The zero-order valence-corrected chi connectivity index (χ0v) is 16.5. The number of aromatic amines is 2. The van der Waals surface area contributed by atoms with Gasteiger partial charge in [0.2, 0.25) is 5.95 Å². The molecule has 0 aromatic carbocycles. The highest BCUT2D eigenvalue weighted by Crippen LogP contribution is 2.50. The van der Waals surface area contributed by atoms with E-state index in [0.717, 1.165) is 12.0 Å². The second-order valence-electron chi connectivity index (χ2n) is 9.01. The lowest BCUT2D eigenvalue weighted by molar-refractivity contribution is -0.162. The molecule has 2 aromatic rings. The summed E-state index contributed by atoms with van der Waals surface area (Å²) < 4.78 is 18.5. The molecule has 8 heteroatoms. The Labute approximate surface area is 157 Å². The molecule has 3 heterocycles. The Hall–Kier alpha value is -1.90. The molecule has 1 saturated carbocycles. The van der Waals surface area contributed by atoms with E-state index >= 15 is 0 Å². The van der Waals surface area contributed by atoms with Gasteiger partial charge in [0, 0.05) is 23.6 Å². The molecule has 4 rings (SSSR count). The van der Waals surface area contributed by atoms with Gasteiger partial charge < -0.3 is 24.9 Å². The third-order valence-corrected chi connectivity index (χ3v) is 5.29. The van der Waals surface area contributed by atoms with Gasteiger partial charge in [0.1, 0.15) is 11.0 Å². The fourth-order valence-corrected chi connectivity index (χ4v) is 4.25. The lowest BCUT2D eigenvalue weighted by atomic mass is 9.96. The van der Waals surface area contributed by atoms with Crippen molar-refractivity contribution < 1.29 is 14.2 Å². The minimum absolute atomic E-state index is 0.0489. The predicted octanol–water partition coefficient (Wildman–Crippen LogP) is 2.27. The number of nitrogens with one attached hydrogen (secondary N) is 2. The average Bonchev–Trinajstić information content (AvgIpc) is 3.15. The standard InChI is InChI=1S/C19H28N4O4/c1-18(2,3)25-8-9-6-10(15-14(9)26-19(4,5)27-15)11-7-21-13-12(11)22-17(20)23-16(13)24/h7,9-10,14-15,21H,6,8H2,1-5H3,(H3,20,22,23,24)/t9-,10+,14-,15+/m1/s1. The zero-order chi connectivity index (χ0) is 19.6. The Kier molecular flexibility index (Phi) is 4.14. The van der Waals surface area contributed by atoms with Gasteiger partial charge in [-0.2, -0.15) is 0 Å². The molecule has 8 nitrogen and oxygen atoms in total. The number of nitrogens with zero attached hydrogens (tertiary/aromatic N) is 1. The summed E-state index contributed by atoms with van der Waals surface area (Å²) in [6.07, 6.45) is 2.50. The fraction of sp³-hybridized carbons (Fsp3) is 0.684. The summed E-state index contributed by atoms with van der Waals surface area (Å²) in [4.78, 5) is 22.1. The SMILES string of the molecule is CC(C)(C)OC[C@H]1C[C@@H](c2c[nH]c3c(=O)[nH]c(N)nc23)[C@@H]2OC(C)(C)O[C@H]12. The minimum Gasteiger partial charge on any atom is -0.375 e. The van der Waals surface area contributed by atoms with Crippen LogP contribution in [0.25, 0.3) is 11.0 Å². The maximum Gasteiger partial charge on any atom is 0.276 e. The van der Waals surface area contributed by atoms with E-state index in [1.54, 1.807) is 0 Å². The van der Waals surface area contributed by atoms with Crippen LogP contribution in [0.4, 0.5) is 5.95 Å². The normalized spacial score (nSPS) is 30.1. The van der Waals surface area contributed by atoms with Gasteiger partial charge in [-0.25, -0.2) is 4.98 Å². The van der Waals surface area contributed by atoms with Crippen LogP contribution >= 0.6 is 0 Å². The van der Waals surface area contributed by atoms with Crippen LogP contribution in [0.2, 0.25) is 0 Å². The third-order valence-electron chi connectivity index (χ3n) is 5.29. The van der Waals surface area contributed by atoms with Gasteiger partial charge >= 0.3 is 0 Å². The van der Waals surface area contributed by atoms with Crippen molar-refractivity contribution in [1.29, 1.82) is 0 Å². The molecular formula is C19H28N4O4. The van der Waals surface area contributed by atoms with Crippen LogP contribution < -0.4 is 11.3 Å².